The lowest BCUT2D eigenvalue weighted by molar-refractivity contribution is 0.0909. The molecule has 5 heteroatoms. The van der Waals surface area contributed by atoms with Crippen molar-refractivity contribution in [2.24, 2.45) is 0 Å². The first-order chi connectivity index (χ1) is 9.26. The van der Waals surface area contributed by atoms with Crippen LogP contribution in [0.4, 0.5) is 5.82 Å². The van der Waals surface area contributed by atoms with Crippen molar-refractivity contribution in [3.05, 3.63) is 29.7 Å². The van der Waals surface area contributed by atoms with E-state index in [0.29, 0.717) is 17.7 Å². The number of hydrogen-bond acceptors (Lipinski definition) is 4. The van der Waals surface area contributed by atoms with Crippen molar-refractivity contribution in [3.63, 3.8) is 0 Å². The zero-order chi connectivity index (χ0) is 13.2. The van der Waals surface area contributed by atoms with Gasteiger partial charge in [0.15, 0.2) is 0 Å². The average molecular weight is 280 g/mol. The van der Waals surface area contributed by atoms with Crippen LogP contribution in [0.5, 0.6) is 0 Å². The third-order valence-corrected chi connectivity index (χ3v) is 3.75. The molecule has 2 aliphatic rings. The van der Waals surface area contributed by atoms with Gasteiger partial charge in [0.25, 0.3) is 0 Å². The Kier molecular flexibility index (Phi) is 3.71. The molecule has 2 heterocycles. The van der Waals surface area contributed by atoms with Gasteiger partial charge in [-0.3, -0.25) is 0 Å². The van der Waals surface area contributed by atoms with Gasteiger partial charge in [-0.15, -0.1) is 6.58 Å². The molecule has 0 aromatic carbocycles. The van der Waals surface area contributed by atoms with Gasteiger partial charge in [-0.1, -0.05) is 17.7 Å². The number of rotatable bonds is 5. The van der Waals surface area contributed by atoms with Crippen molar-refractivity contribution in [1.29, 1.82) is 0 Å². The molecule has 1 unspecified atom stereocenters. The van der Waals surface area contributed by atoms with E-state index < -0.39 is 0 Å². The van der Waals surface area contributed by atoms with E-state index in [1.165, 1.54) is 12.8 Å². The van der Waals surface area contributed by atoms with Crippen LogP contribution in [-0.2, 0) is 4.74 Å². The minimum atomic E-state index is 0.260. The van der Waals surface area contributed by atoms with Crippen molar-refractivity contribution in [1.82, 2.24) is 9.97 Å². The fourth-order valence-electron chi connectivity index (χ4n) is 2.39. The largest absolute Gasteiger partial charge is 0.372 e. The Hall–Kier alpha value is -1.13. The summed E-state index contributed by atoms with van der Waals surface area (Å²) >= 11 is 6.10. The van der Waals surface area contributed by atoms with Crippen LogP contribution in [0, 0.1) is 0 Å². The van der Waals surface area contributed by atoms with Gasteiger partial charge < -0.3 is 9.64 Å². The SMILES string of the molecule is C=CCOC1CCN(c2cc(Cl)nc(C3CC3)n2)C1. The predicted molar refractivity (Wildman–Crippen MR) is 75.8 cm³/mol. The molecule has 0 radical (unpaired) electrons. The van der Waals surface area contributed by atoms with Crippen molar-refractivity contribution < 1.29 is 4.74 Å². The Bertz CT molecular complexity index is 476. The molecule has 1 aliphatic carbocycles. The molecule has 4 nitrogen and oxygen atoms in total. The third kappa shape index (κ3) is 3.07. The summed E-state index contributed by atoms with van der Waals surface area (Å²) in [5.41, 5.74) is 0. The number of aromatic nitrogens is 2. The van der Waals surface area contributed by atoms with Crippen LogP contribution in [0.1, 0.15) is 31.0 Å². The highest BCUT2D eigenvalue weighted by atomic mass is 35.5. The lowest BCUT2D eigenvalue weighted by Crippen LogP contribution is -2.24. The summed E-state index contributed by atoms with van der Waals surface area (Å²) in [4.78, 5) is 11.2. The molecule has 1 aliphatic heterocycles. The van der Waals surface area contributed by atoms with Gasteiger partial charge in [-0.2, -0.15) is 0 Å². The minimum Gasteiger partial charge on any atom is -0.372 e. The topological polar surface area (TPSA) is 38.2 Å². The maximum Gasteiger partial charge on any atom is 0.135 e. The molecule has 1 aromatic heterocycles. The molecular formula is C14H18ClN3O. The first kappa shape index (κ1) is 12.9. The standard InChI is InChI=1S/C14H18ClN3O/c1-2-7-19-11-5-6-18(9-11)13-8-12(15)16-14(17-13)10-3-4-10/h2,8,10-11H,1,3-7,9H2. The average Bonchev–Trinajstić information content (AvgIpc) is 3.15. The molecule has 0 N–H and O–H groups in total. The molecule has 1 saturated carbocycles. The summed E-state index contributed by atoms with van der Waals surface area (Å²) < 4.78 is 5.69. The van der Waals surface area contributed by atoms with Crippen LogP contribution in [0.2, 0.25) is 5.15 Å². The van der Waals surface area contributed by atoms with Crippen LogP contribution >= 0.6 is 11.6 Å². The van der Waals surface area contributed by atoms with Crippen LogP contribution in [0.25, 0.3) is 0 Å². The number of hydrogen-bond donors (Lipinski definition) is 0. The monoisotopic (exact) mass is 279 g/mol. The molecule has 1 saturated heterocycles. The maximum absolute atomic E-state index is 6.10. The molecule has 1 aromatic rings. The van der Waals surface area contributed by atoms with Gasteiger partial charge in [0.05, 0.1) is 12.7 Å². The highest BCUT2D eigenvalue weighted by Crippen LogP contribution is 2.39. The van der Waals surface area contributed by atoms with Crippen molar-refractivity contribution in [3.8, 4) is 0 Å². The van der Waals surface area contributed by atoms with E-state index in [0.717, 1.165) is 31.2 Å². The van der Waals surface area contributed by atoms with Gasteiger partial charge in [-0.25, -0.2) is 9.97 Å². The Morgan fingerprint density at radius 1 is 1.42 bits per heavy atom. The van der Waals surface area contributed by atoms with E-state index >= 15 is 0 Å². The Labute approximate surface area is 118 Å². The lowest BCUT2D eigenvalue weighted by Gasteiger charge is -2.18. The van der Waals surface area contributed by atoms with E-state index in [2.05, 4.69) is 21.4 Å². The molecule has 0 spiro atoms. The van der Waals surface area contributed by atoms with Crippen LogP contribution in [-0.4, -0.2) is 35.8 Å². The van der Waals surface area contributed by atoms with Crippen LogP contribution in [0.15, 0.2) is 18.7 Å². The molecule has 0 bridgehead atoms. The van der Waals surface area contributed by atoms with Crippen LogP contribution in [0.3, 0.4) is 0 Å². The van der Waals surface area contributed by atoms with Crippen molar-refractivity contribution >= 4 is 17.4 Å². The summed E-state index contributed by atoms with van der Waals surface area (Å²) in [7, 11) is 0. The van der Waals surface area contributed by atoms with Gasteiger partial charge in [0.1, 0.15) is 16.8 Å². The molecule has 102 valence electrons. The van der Waals surface area contributed by atoms with Gasteiger partial charge in [-0.05, 0) is 19.3 Å². The van der Waals surface area contributed by atoms with Crippen molar-refractivity contribution in [2.45, 2.75) is 31.3 Å². The molecule has 3 rings (SSSR count). The van der Waals surface area contributed by atoms with E-state index in [-0.39, 0.29) is 6.10 Å². The normalized spacial score (nSPS) is 22.8. The second kappa shape index (κ2) is 5.47. The van der Waals surface area contributed by atoms with E-state index in [9.17, 15) is 0 Å². The number of anilines is 1. The Morgan fingerprint density at radius 3 is 3.00 bits per heavy atom. The van der Waals surface area contributed by atoms with E-state index in [1.807, 2.05) is 6.07 Å². The highest BCUT2D eigenvalue weighted by molar-refractivity contribution is 6.29. The summed E-state index contributed by atoms with van der Waals surface area (Å²) in [6, 6.07) is 1.85. The Morgan fingerprint density at radius 2 is 2.26 bits per heavy atom. The first-order valence-corrected chi connectivity index (χ1v) is 7.16. The summed E-state index contributed by atoms with van der Waals surface area (Å²) in [6.07, 6.45) is 5.44. The fourth-order valence-corrected chi connectivity index (χ4v) is 2.57. The lowest BCUT2D eigenvalue weighted by atomic mass is 10.3. The maximum atomic E-state index is 6.10. The molecule has 19 heavy (non-hydrogen) atoms. The van der Waals surface area contributed by atoms with Crippen molar-refractivity contribution in [2.75, 3.05) is 24.6 Å². The fraction of sp³-hybridized carbons (Fsp3) is 0.571. The van der Waals surface area contributed by atoms with Crippen LogP contribution < -0.4 is 4.90 Å². The minimum absolute atomic E-state index is 0.260. The van der Waals surface area contributed by atoms with E-state index in [1.54, 1.807) is 6.08 Å². The smallest absolute Gasteiger partial charge is 0.135 e. The molecule has 2 fully saturated rings. The number of nitrogens with zero attached hydrogens (tertiary/aromatic N) is 3. The second-order valence-corrected chi connectivity index (χ2v) is 5.55. The summed E-state index contributed by atoms with van der Waals surface area (Å²) in [5, 5.41) is 0.544. The first-order valence-electron chi connectivity index (χ1n) is 6.78. The predicted octanol–water partition coefficient (Wildman–Crippen LogP) is 2.79. The van der Waals surface area contributed by atoms with E-state index in [4.69, 9.17) is 16.3 Å². The Balaban J connectivity index is 1.70. The summed E-state index contributed by atoms with van der Waals surface area (Å²) in [5.74, 6) is 2.36. The zero-order valence-electron chi connectivity index (χ0n) is 10.9. The number of ether oxygens (including phenoxy) is 1. The molecule has 0 amide bonds. The second-order valence-electron chi connectivity index (χ2n) is 5.16. The van der Waals surface area contributed by atoms with Gasteiger partial charge >= 0.3 is 0 Å². The third-order valence-electron chi connectivity index (χ3n) is 3.56. The van der Waals surface area contributed by atoms with Gasteiger partial charge in [0, 0.05) is 25.1 Å². The molecule has 1 atom stereocenters. The summed E-state index contributed by atoms with van der Waals surface area (Å²) in [6.45, 7) is 6.10. The van der Waals surface area contributed by atoms with Gasteiger partial charge in [0.2, 0.25) is 0 Å². The quantitative estimate of drug-likeness (QED) is 0.614. The highest BCUT2D eigenvalue weighted by Gasteiger charge is 2.29. The zero-order valence-corrected chi connectivity index (χ0v) is 11.6. The molecular weight excluding hydrogens is 262 g/mol. The number of halogens is 1.